The van der Waals surface area contributed by atoms with E-state index < -0.39 is 11.2 Å². The third-order valence-electron chi connectivity index (χ3n) is 6.30. The predicted octanol–water partition coefficient (Wildman–Crippen LogP) is 2.16. The van der Waals surface area contributed by atoms with Crippen LogP contribution in [-0.4, -0.2) is 48.8 Å². The second kappa shape index (κ2) is 9.91. The highest BCUT2D eigenvalue weighted by Crippen LogP contribution is 2.25. The minimum Gasteiger partial charge on any atom is -0.342 e. The molecule has 0 spiro atoms. The van der Waals surface area contributed by atoms with Crippen molar-refractivity contribution >= 4 is 28.7 Å². The van der Waals surface area contributed by atoms with Crippen LogP contribution in [0.3, 0.4) is 0 Å². The van der Waals surface area contributed by atoms with Gasteiger partial charge >= 0.3 is 5.69 Å². The second-order valence-electron chi connectivity index (χ2n) is 8.51. The summed E-state index contributed by atoms with van der Waals surface area (Å²) in [7, 11) is 3.03. The lowest BCUT2D eigenvalue weighted by Crippen LogP contribution is -2.40. The molecule has 33 heavy (non-hydrogen) atoms. The van der Waals surface area contributed by atoms with Gasteiger partial charge in [0.1, 0.15) is 16.2 Å². The highest BCUT2D eigenvalue weighted by molar-refractivity contribution is 8.00. The smallest absolute Gasteiger partial charge is 0.332 e. The van der Waals surface area contributed by atoms with E-state index in [4.69, 9.17) is 0 Å². The SMILES string of the molecule is CCc1nc(SCC(=O)N2CCC(Cc3ccccc3)CC2)c2c(=O)n(C)c(=O)n(C)c2n1. The van der Waals surface area contributed by atoms with E-state index in [1.807, 2.05) is 17.9 Å². The molecule has 3 heterocycles. The Morgan fingerprint density at radius 1 is 1.06 bits per heavy atom. The fraction of sp³-hybridized carbons (Fsp3) is 0.458. The third kappa shape index (κ3) is 4.88. The Bertz CT molecular complexity index is 1280. The van der Waals surface area contributed by atoms with Crippen LogP contribution in [0.15, 0.2) is 44.9 Å². The molecule has 0 bridgehead atoms. The first-order valence-corrected chi connectivity index (χ1v) is 12.3. The second-order valence-corrected chi connectivity index (χ2v) is 9.47. The average molecular weight is 468 g/mol. The number of rotatable bonds is 6. The summed E-state index contributed by atoms with van der Waals surface area (Å²) in [5.74, 6) is 1.38. The number of nitrogens with zero attached hydrogens (tertiary/aromatic N) is 5. The largest absolute Gasteiger partial charge is 0.342 e. The van der Waals surface area contributed by atoms with Gasteiger partial charge in [0, 0.05) is 33.6 Å². The maximum atomic E-state index is 12.9. The number of thioether (sulfide) groups is 1. The van der Waals surface area contributed by atoms with Crippen LogP contribution in [0.5, 0.6) is 0 Å². The predicted molar refractivity (Wildman–Crippen MR) is 130 cm³/mol. The minimum absolute atomic E-state index is 0.0459. The summed E-state index contributed by atoms with van der Waals surface area (Å²) in [4.78, 5) is 48.9. The van der Waals surface area contributed by atoms with Crippen LogP contribution in [-0.2, 0) is 31.7 Å². The van der Waals surface area contributed by atoms with Gasteiger partial charge in [-0.1, -0.05) is 49.0 Å². The van der Waals surface area contributed by atoms with Gasteiger partial charge in [0.15, 0.2) is 5.65 Å². The molecule has 1 aromatic carbocycles. The zero-order chi connectivity index (χ0) is 23.5. The molecular formula is C24H29N5O3S. The lowest BCUT2D eigenvalue weighted by atomic mass is 9.90. The number of likely N-dealkylation sites (tertiary alicyclic amines) is 1. The van der Waals surface area contributed by atoms with Crippen LogP contribution in [0, 0.1) is 5.92 Å². The van der Waals surface area contributed by atoms with Gasteiger partial charge in [-0.25, -0.2) is 14.8 Å². The first-order chi connectivity index (χ1) is 15.9. The van der Waals surface area contributed by atoms with Crippen molar-refractivity contribution in [2.75, 3.05) is 18.8 Å². The first-order valence-electron chi connectivity index (χ1n) is 11.3. The maximum Gasteiger partial charge on any atom is 0.332 e. The van der Waals surface area contributed by atoms with Crippen LogP contribution in [0.2, 0.25) is 0 Å². The summed E-state index contributed by atoms with van der Waals surface area (Å²) in [6.45, 7) is 3.41. The number of hydrogen-bond acceptors (Lipinski definition) is 6. The fourth-order valence-corrected chi connectivity index (χ4v) is 5.23. The number of aromatic nitrogens is 4. The lowest BCUT2D eigenvalue weighted by molar-refractivity contribution is -0.129. The van der Waals surface area contributed by atoms with Crippen LogP contribution in [0.1, 0.15) is 31.2 Å². The first kappa shape index (κ1) is 23.2. The summed E-state index contributed by atoms with van der Waals surface area (Å²) >= 11 is 1.25. The topological polar surface area (TPSA) is 90.1 Å². The molecule has 0 aliphatic carbocycles. The molecule has 1 fully saturated rings. The van der Waals surface area contributed by atoms with E-state index in [9.17, 15) is 14.4 Å². The molecule has 9 heteroatoms. The number of hydrogen-bond donors (Lipinski definition) is 0. The van der Waals surface area contributed by atoms with Crippen molar-refractivity contribution in [3.8, 4) is 0 Å². The summed E-state index contributed by atoms with van der Waals surface area (Å²) in [6, 6.07) is 10.5. The van der Waals surface area contributed by atoms with Crippen molar-refractivity contribution in [3.63, 3.8) is 0 Å². The number of piperidine rings is 1. The van der Waals surface area contributed by atoms with E-state index in [1.165, 1.54) is 28.9 Å². The quantitative estimate of drug-likeness (QED) is 0.408. The summed E-state index contributed by atoms with van der Waals surface area (Å²) in [5, 5.41) is 0.747. The molecule has 1 amide bonds. The third-order valence-corrected chi connectivity index (χ3v) is 7.26. The number of aryl methyl sites for hydroxylation is 2. The van der Waals surface area contributed by atoms with Gasteiger partial charge in [0.25, 0.3) is 5.56 Å². The van der Waals surface area contributed by atoms with Crippen LogP contribution < -0.4 is 11.2 Å². The van der Waals surface area contributed by atoms with E-state index in [-0.39, 0.29) is 17.0 Å². The average Bonchev–Trinajstić information content (AvgIpc) is 2.85. The van der Waals surface area contributed by atoms with E-state index in [0.29, 0.717) is 28.8 Å². The van der Waals surface area contributed by atoms with E-state index >= 15 is 0 Å². The van der Waals surface area contributed by atoms with E-state index in [2.05, 4.69) is 34.2 Å². The van der Waals surface area contributed by atoms with Crippen molar-refractivity contribution in [3.05, 3.63) is 62.6 Å². The molecule has 1 aliphatic heterocycles. The molecular weight excluding hydrogens is 438 g/mol. The molecule has 0 N–H and O–H groups in total. The molecule has 2 aromatic heterocycles. The van der Waals surface area contributed by atoms with Crippen molar-refractivity contribution in [1.29, 1.82) is 0 Å². The zero-order valence-electron chi connectivity index (χ0n) is 19.3. The summed E-state index contributed by atoms with van der Waals surface area (Å²) < 4.78 is 2.42. The Balaban J connectivity index is 1.46. The van der Waals surface area contributed by atoms with Gasteiger partial charge in [-0.05, 0) is 30.7 Å². The van der Waals surface area contributed by atoms with Gasteiger partial charge in [0.05, 0.1) is 5.75 Å². The molecule has 174 valence electrons. The van der Waals surface area contributed by atoms with Gasteiger partial charge in [-0.15, -0.1) is 0 Å². The molecule has 3 aromatic rings. The van der Waals surface area contributed by atoms with Crippen LogP contribution in [0.4, 0.5) is 0 Å². The lowest BCUT2D eigenvalue weighted by Gasteiger charge is -2.32. The fourth-order valence-electron chi connectivity index (χ4n) is 4.29. The number of amides is 1. The van der Waals surface area contributed by atoms with Crippen molar-refractivity contribution < 1.29 is 4.79 Å². The Morgan fingerprint density at radius 2 is 1.76 bits per heavy atom. The normalized spacial score (nSPS) is 14.7. The highest BCUT2D eigenvalue weighted by atomic mass is 32.2. The Hall–Kier alpha value is -2.94. The van der Waals surface area contributed by atoms with Gasteiger partial charge in [0.2, 0.25) is 5.91 Å². The molecule has 0 unspecified atom stereocenters. The van der Waals surface area contributed by atoms with Crippen molar-refractivity contribution in [2.45, 2.75) is 37.6 Å². The van der Waals surface area contributed by atoms with Gasteiger partial charge in [-0.3, -0.25) is 18.7 Å². The zero-order valence-corrected chi connectivity index (χ0v) is 20.1. The minimum atomic E-state index is -0.438. The van der Waals surface area contributed by atoms with Crippen molar-refractivity contribution in [2.24, 2.45) is 20.0 Å². The summed E-state index contributed by atoms with van der Waals surface area (Å²) in [6.07, 6.45) is 3.59. The number of carbonyl (C=O) groups is 1. The Labute approximate surface area is 196 Å². The van der Waals surface area contributed by atoms with E-state index in [0.717, 1.165) is 36.9 Å². The highest BCUT2D eigenvalue weighted by Gasteiger charge is 2.24. The molecule has 8 nitrogen and oxygen atoms in total. The maximum absolute atomic E-state index is 12.9. The van der Waals surface area contributed by atoms with Crippen LogP contribution in [0.25, 0.3) is 11.0 Å². The Kier molecular flexibility index (Phi) is 6.97. The summed E-state index contributed by atoms with van der Waals surface area (Å²) in [5.41, 5.74) is 0.786. The van der Waals surface area contributed by atoms with Gasteiger partial charge < -0.3 is 4.90 Å². The number of fused-ring (bicyclic) bond motifs is 1. The molecule has 0 saturated carbocycles. The molecule has 0 radical (unpaired) electrons. The number of benzene rings is 1. The van der Waals surface area contributed by atoms with E-state index in [1.54, 1.807) is 7.05 Å². The van der Waals surface area contributed by atoms with Crippen molar-refractivity contribution in [1.82, 2.24) is 24.0 Å². The molecule has 0 atom stereocenters. The monoisotopic (exact) mass is 467 g/mol. The van der Waals surface area contributed by atoms with Gasteiger partial charge in [-0.2, -0.15) is 0 Å². The number of carbonyl (C=O) groups excluding carboxylic acids is 1. The molecule has 1 aliphatic rings. The standard InChI is InChI=1S/C24H29N5O3S/c1-4-18-25-21-20(23(31)28(3)24(32)27(21)2)22(26-18)33-15-19(30)29-12-10-17(11-13-29)14-16-8-6-5-7-9-16/h5-9,17H,4,10-15H2,1-3H3. The van der Waals surface area contributed by atoms with Crippen LogP contribution >= 0.6 is 11.8 Å². The Morgan fingerprint density at radius 3 is 2.42 bits per heavy atom. The molecule has 4 rings (SSSR count). The molecule has 1 saturated heterocycles.